The van der Waals surface area contributed by atoms with Gasteiger partial charge in [-0.1, -0.05) is 19.3 Å². The van der Waals surface area contributed by atoms with E-state index in [-0.39, 0.29) is 0 Å². The maximum Gasteiger partial charge on any atom is 0.0599 e. The van der Waals surface area contributed by atoms with Crippen LogP contribution >= 0.6 is 0 Å². The van der Waals surface area contributed by atoms with Crippen LogP contribution in [0.25, 0.3) is 0 Å². The fourth-order valence-corrected chi connectivity index (χ4v) is 2.22. The Morgan fingerprint density at radius 2 is 1.91 bits per heavy atom. The molecule has 0 amide bonds. The second-order valence-corrected chi connectivity index (χ2v) is 3.83. The first-order chi connectivity index (χ1) is 5.42. The van der Waals surface area contributed by atoms with E-state index < -0.39 is 0 Å². The smallest absolute Gasteiger partial charge is 0.0599 e. The molecule has 1 aliphatic heterocycles. The van der Waals surface area contributed by atoms with Crippen LogP contribution in [0.5, 0.6) is 0 Å². The first-order valence-corrected chi connectivity index (χ1v) is 4.78. The van der Waals surface area contributed by atoms with Gasteiger partial charge in [-0.05, 0) is 12.8 Å². The monoisotopic (exact) mass is 155 g/mol. The molecule has 0 spiro atoms. The average Bonchev–Trinajstić information content (AvgIpc) is 2.85. The largest absolute Gasteiger partial charge is 0.395 e. The summed E-state index contributed by atoms with van der Waals surface area (Å²) >= 11 is 0. The van der Waals surface area contributed by atoms with Crippen LogP contribution in [0, 0.1) is 0 Å². The molecular formula is C9H17NO. The molecule has 2 rings (SSSR count). The zero-order valence-electron chi connectivity index (χ0n) is 7.00. The molecule has 0 bridgehead atoms. The molecular weight excluding hydrogens is 138 g/mol. The maximum atomic E-state index is 8.87. The third kappa shape index (κ3) is 1.57. The van der Waals surface area contributed by atoms with Crippen molar-refractivity contribution < 1.29 is 5.11 Å². The highest BCUT2D eigenvalue weighted by molar-refractivity contribution is 4.94. The van der Waals surface area contributed by atoms with Crippen molar-refractivity contribution in [1.29, 1.82) is 0 Å². The molecule has 0 aromatic rings. The van der Waals surface area contributed by atoms with Crippen molar-refractivity contribution in [3.63, 3.8) is 0 Å². The van der Waals surface area contributed by atoms with Gasteiger partial charge in [0.15, 0.2) is 0 Å². The second kappa shape index (κ2) is 3.11. The summed E-state index contributed by atoms with van der Waals surface area (Å²) in [6.45, 7) is 1.53. The Balaban J connectivity index is 1.77. The van der Waals surface area contributed by atoms with E-state index in [1.807, 2.05) is 0 Å². The van der Waals surface area contributed by atoms with Crippen LogP contribution in [0.2, 0.25) is 0 Å². The minimum absolute atomic E-state index is 0.372. The van der Waals surface area contributed by atoms with Gasteiger partial charge in [0.1, 0.15) is 0 Å². The van der Waals surface area contributed by atoms with E-state index in [1.54, 1.807) is 0 Å². The van der Waals surface area contributed by atoms with Crippen LogP contribution in [0.4, 0.5) is 0 Å². The fraction of sp³-hybridized carbons (Fsp3) is 1.00. The van der Waals surface area contributed by atoms with E-state index in [2.05, 4.69) is 4.90 Å². The molecule has 11 heavy (non-hydrogen) atoms. The average molecular weight is 155 g/mol. The van der Waals surface area contributed by atoms with E-state index in [0.717, 1.165) is 12.6 Å². The molecule has 0 aromatic carbocycles. The summed E-state index contributed by atoms with van der Waals surface area (Å²) in [5, 5.41) is 8.87. The van der Waals surface area contributed by atoms with Crippen molar-refractivity contribution in [3.05, 3.63) is 0 Å². The molecule has 2 nitrogen and oxygen atoms in total. The molecule has 1 heterocycles. The Kier molecular flexibility index (Phi) is 2.14. The van der Waals surface area contributed by atoms with E-state index in [0.29, 0.717) is 12.6 Å². The Morgan fingerprint density at radius 3 is 2.45 bits per heavy atom. The maximum absolute atomic E-state index is 8.87. The highest BCUT2D eigenvalue weighted by Gasteiger charge is 2.38. The van der Waals surface area contributed by atoms with E-state index in [1.165, 1.54) is 32.1 Å². The molecule has 0 aromatic heterocycles. The topological polar surface area (TPSA) is 23.2 Å². The minimum Gasteiger partial charge on any atom is -0.395 e. The van der Waals surface area contributed by atoms with Crippen LogP contribution in [0.15, 0.2) is 0 Å². The third-order valence-electron chi connectivity index (χ3n) is 3.01. The van der Waals surface area contributed by atoms with Gasteiger partial charge in [0.2, 0.25) is 0 Å². The van der Waals surface area contributed by atoms with Crippen molar-refractivity contribution in [2.24, 2.45) is 0 Å². The van der Waals surface area contributed by atoms with Crippen molar-refractivity contribution in [3.8, 4) is 0 Å². The van der Waals surface area contributed by atoms with Gasteiger partial charge >= 0.3 is 0 Å². The summed E-state index contributed by atoms with van der Waals surface area (Å²) in [4.78, 5) is 2.46. The van der Waals surface area contributed by atoms with Gasteiger partial charge in [-0.2, -0.15) is 0 Å². The van der Waals surface area contributed by atoms with Gasteiger partial charge in [-0.25, -0.2) is 0 Å². The number of hydrogen-bond donors (Lipinski definition) is 1. The molecule has 1 aliphatic carbocycles. The fourth-order valence-electron chi connectivity index (χ4n) is 2.22. The summed E-state index contributed by atoms with van der Waals surface area (Å²) < 4.78 is 0. The molecule has 1 unspecified atom stereocenters. The standard InChI is InChI=1S/C9H17NO/c11-7-9-6-10(9)8-4-2-1-3-5-8/h8-9,11H,1-7H2/t9-,10?/m0/s1. The number of hydrogen-bond acceptors (Lipinski definition) is 2. The highest BCUT2D eigenvalue weighted by atomic mass is 16.3. The van der Waals surface area contributed by atoms with Gasteiger partial charge in [-0.15, -0.1) is 0 Å². The molecule has 1 saturated carbocycles. The molecule has 0 radical (unpaired) electrons. The molecule has 2 atom stereocenters. The molecule has 2 fully saturated rings. The lowest BCUT2D eigenvalue weighted by Crippen LogP contribution is -2.24. The van der Waals surface area contributed by atoms with E-state index >= 15 is 0 Å². The summed E-state index contributed by atoms with van der Waals surface area (Å²) in [6, 6.07) is 1.35. The van der Waals surface area contributed by atoms with Gasteiger partial charge in [-0.3, -0.25) is 4.90 Å². The Labute approximate surface area is 68.2 Å². The molecule has 2 aliphatic rings. The molecule has 1 saturated heterocycles. The Bertz CT molecular complexity index is 132. The van der Waals surface area contributed by atoms with Crippen LogP contribution < -0.4 is 0 Å². The predicted octanol–water partition coefficient (Wildman–Crippen LogP) is 0.996. The normalized spacial score (nSPS) is 39.0. The van der Waals surface area contributed by atoms with Crippen LogP contribution in [0.3, 0.4) is 0 Å². The number of aliphatic hydroxyl groups excluding tert-OH is 1. The first-order valence-electron chi connectivity index (χ1n) is 4.78. The minimum atomic E-state index is 0.372. The number of nitrogens with zero attached hydrogens (tertiary/aromatic N) is 1. The predicted molar refractivity (Wildman–Crippen MR) is 44.5 cm³/mol. The molecule has 64 valence electrons. The van der Waals surface area contributed by atoms with Crippen molar-refractivity contribution in [2.45, 2.75) is 44.2 Å². The first kappa shape index (κ1) is 7.56. The van der Waals surface area contributed by atoms with Crippen LogP contribution in [0.1, 0.15) is 32.1 Å². The lowest BCUT2D eigenvalue weighted by atomic mass is 9.95. The Hall–Kier alpha value is -0.0800. The summed E-state index contributed by atoms with van der Waals surface area (Å²) in [5.74, 6) is 0. The summed E-state index contributed by atoms with van der Waals surface area (Å²) in [6.07, 6.45) is 6.97. The van der Waals surface area contributed by atoms with Gasteiger partial charge in [0.25, 0.3) is 0 Å². The van der Waals surface area contributed by atoms with E-state index in [4.69, 9.17) is 5.11 Å². The SMILES string of the molecule is OC[C@@H]1CN1C1CCCCC1. The summed E-state index contributed by atoms with van der Waals surface area (Å²) in [7, 11) is 0. The Morgan fingerprint density at radius 1 is 1.18 bits per heavy atom. The zero-order chi connectivity index (χ0) is 7.68. The van der Waals surface area contributed by atoms with Gasteiger partial charge in [0.05, 0.1) is 6.61 Å². The molecule has 2 heteroatoms. The third-order valence-corrected chi connectivity index (χ3v) is 3.01. The highest BCUT2D eigenvalue weighted by Crippen LogP contribution is 2.30. The van der Waals surface area contributed by atoms with Crippen LogP contribution in [-0.2, 0) is 0 Å². The van der Waals surface area contributed by atoms with Crippen LogP contribution in [-0.4, -0.2) is 35.2 Å². The van der Waals surface area contributed by atoms with E-state index in [9.17, 15) is 0 Å². The van der Waals surface area contributed by atoms with Crippen molar-refractivity contribution in [2.75, 3.05) is 13.2 Å². The zero-order valence-corrected chi connectivity index (χ0v) is 7.00. The summed E-state index contributed by atoms with van der Waals surface area (Å²) in [5.41, 5.74) is 0. The van der Waals surface area contributed by atoms with Crippen molar-refractivity contribution >= 4 is 0 Å². The quantitative estimate of drug-likeness (QED) is 0.601. The van der Waals surface area contributed by atoms with Gasteiger partial charge in [0, 0.05) is 18.6 Å². The lowest BCUT2D eigenvalue weighted by molar-refractivity contribution is 0.229. The van der Waals surface area contributed by atoms with Gasteiger partial charge < -0.3 is 5.11 Å². The van der Waals surface area contributed by atoms with Crippen molar-refractivity contribution in [1.82, 2.24) is 4.90 Å². The number of aliphatic hydroxyl groups is 1. The second-order valence-electron chi connectivity index (χ2n) is 3.83. The lowest BCUT2D eigenvalue weighted by Gasteiger charge is -2.23. The number of rotatable bonds is 2. The molecule has 1 N–H and O–H groups in total.